The molecule has 2 heterocycles. The molecule has 0 amide bonds. The number of aryl methyl sites for hydroxylation is 1. The largest absolute Gasteiger partial charge is 0.460 e. The van der Waals surface area contributed by atoms with Crippen molar-refractivity contribution in [2.24, 2.45) is 0 Å². The van der Waals surface area contributed by atoms with E-state index in [0.29, 0.717) is 32.6 Å². The molecule has 0 unspecified atom stereocenters. The van der Waals surface area contributed by atoms with Crippen LogP contribution in [0.25, 0.3) is 27.6 Å². The van der Waals surface area contributed by atoms with E-state index in [2.05, 4.69) is 0 Å². The summed E-state index contributed by atoms with van der Waals surface area (Å²) in [5.41, 5.74) is 3.11. The fourth-order valence-electron chi connectivity index (χ4n) is 4.58. The van der Waals surface area contributed by atoms with Gasteiger partial charge in [0.25, 0.3) is 0 Å². The molecular formula is C28H20ClNO4. The third-order valence-corrected chi connectivity index (χ3v) is 6.34. The first-order valence-corrected chi connectivity index (χ1v) is 11.1. The fraction of sp³-hybridized carbons (Fsp3) is 0.107. The van der Waals surface area contributed by atoms with Crippen molar-refractivity contribution in [3.05, 3.63) is 110 Å². The fourth-order valence-corrected chi connectivity index (χ4v) is 4.70. The lowest BCUT2D eigenvalue weighted by Crippen LogP contribution is -2.18. The van der Waals surface area contributed by atoms with Gasteiger partial charge in [-0.1, -0.05) is 41.9 Å². The third-order valence-electron chi connectivity index (χ3n) is 6.09. The average Bonchev–Trinajstić information content (AvgIpc) is 3.10. The number of hydrogen-bond acceptors (Lipinski definition) is 4. The summed E-state index contributed by atoms with van der Waals surface area (Å²) in [5.74, 6) is -0.240. The number of nitrogens with zero attached hydrogens (tertiary/aromatic N) is 1. The van der Waals surface area contributed by atoms with Gasteiger partial charge in [-0.3, -0.25) is 14.4 Å². The molecule has 3 aromatic carbocycles. The molecule has 5 aromatic rings. The lowest BCUT2D eigenvalue weighted by molar-refractivity contribution is 0.101. The van der Waals surface area contributed by atoms with Gasteiger partial charge in [-0.05, 0) is 57.2 Å². The smallest absolute Gasteiger partial charge is 0.204 e. The molecule has 5 rings (SSSR count). The van der Waals surface area contributed by atoms with E-state index in [4.69, 9.17) is 16.0 Å². The van der Waals surface area contributed by atoms with Gasteiger partial charge in [-0.15, -0.1) is 0 Å². The Balaban J connectivity index is 1.85. The molecule has 0 radical (unpaired) electrons. The van der Waals surface area contributed by atoms with Crippen molar-refractivity contribution in [2.75, 3.05) is 0 Å². The summed E-state index contributed by atoms with van der Waals surface area (Å²) in [6.07, 6.45) is 0. The Kier molecular flexibility index (Phi) is 5.22. The second kappa shape index (κ2) is 8.12. The quantitative estimate of drug-likeness (QED) is 0.284. The molecule has 0 fully saturated rings. The van der Waals surface area contributed by atoms with Crippen molar-refractivity contribution < 1.29 is 14.0 Å². The zero-order valence-corrected chi connectivity index (χ0v) is 19.6. The van der Waals surface area contributed by atoms with Crippen molar-refractivity contribution in [1.82, 2.24) is 4.57 Å². The zero-order chi connectivity index (χ0) is 24.1. The summed E-state index contributed by atoms with van der Waals surface area (Å²) in [4.78, 5) is 39.3. The minimum atomic E-state index is -0.402. The molecule has 0 saturated carbocycles. The molecule has 168 valence electrons. The Morgan fingerprint density at radius 1 is 0.882 bits per heavy atom. The van der Waals surface area contributed by atoms with Gasteiger partial charge >= 0.3 is 0 Å². The first-order chi connectivity index (χ1) is 16.3. The molecule has 0 saturated heterocycles. The van der Waals surface area contributed by atoms with Crippen LogP contribution in [-0.2, 0) is 0 Å². The van der Waals surface area contributed by atoms with Crippen LogP contribution in [0, 0.1) is 13.8 Å². The summed E-state index contributed by atoms with van der Waals surface area (Å²) >= 11 is 6.08. The van der Waals surface area contributed by atoms with Crippen LogP contribution in [0.3, 0.4) is 0 Å². The number of fused-ring (bicyclic) bond motifs is 2. The Labute approximate surface area is 200 Å². The third kappa shape index (κ3) is 3.37. The van der Waals surface area contributed by atoms with E-state index >= 15 is 0 Å². The summed E-state index contributed by atoms with van der Waals surface area (Å²) in [7, 11) is 0. The number of hydrogen-bond donors (Lipinski definition) is 0. The van der Waals surface area contributed by atoms with E-state index in [9.17, 15) is 14.4 Å². The van der Waals surface area contributed by atoms with E-state index in [1.54, 1.807) is 55.5 Å². The molecule has 34 heavy (non-hydrogen) atoms. The average molecular weight is 470 g/mol. The van der Waals surface area contributed by atoms with E-state index < -0.39 is 5.43 Å². The monoisotopic (exact) mass is 469 g/mol. The van der Waals surface area contributed by atoms with Crippen LogP contribution in [0.5, 0.6) is 0 Å². The molecule has 0 aliphatic rings. The SMILES string of the molecule is CC(=O)c1c(C)n(-c2ccc(Cl)cc2)c2cc3c(=O)c(C(=O)c4ccccc4)c(C)oc3cc12. The molecule has 0 atom stereocenters. The van der Waals surface area contributed by atoms with Crippen molar-refractivity contribution >= 4 is 45.0 Å². The summed E-state index contributed by atoms with van der Waals surface area (Å²) in [6.45, 7) is 4.99. The van der Waals surface area contributed by atoms with Gasteiger partial charge in [0.2, 0.25) is 5.43 Å². The maximum atomic E-state index is 13.6. The summed E-state index contributed by atoms with van der Waals surface area (Å²) in [5, 5.41) is 1.55. The molecule has 2 aromatic heterocycles. The highest BCUT2D eigenvalue weighted by molar-refractivity contribution is 6.30. The summed E-state index contributed by atoms with van der Waals surface area (Å²) < 4.78 is 7.89. The molecule has 6 heteroatoms. The number of ketones is 2. The predicted molar refractivity (Wildman–Crippen MR) is 134 cm³/mol. The van der Waals surface area contributed by atoms with Crippen LogP contribution in [0.2, 0.25) is 5.02 Å². The van der Waals surface area contributed by atoms with Crippen molar-refractivity contribution in [3.63, 3.8) is 0 Å². The van der Waals surface area contributed by atoms with E-state index in [1.807, 2.05) is 29.7 Å². The lowest BCUT2D eigenvalue weighted by atomic mass is 10.00. The minimum absolute atomic E-state index is 0.00571. The Morgan fingerprint density at radius 3 is 2.21 bits per heavy atom. The maximum Gasteiger partial charge on any atom is 0.204 e. The minimum Gasteiger partial charge on any atom is -0.460 e. The Bertz CT molecular complexity index is 1680. The first-order valence-electron chi connectivity index (χ1n) is 10.8. The van der Waals surface area contributed by atoms with E-state index in [0.717, 1.165) is 11.4 Å². The molecule has 5 nitrogen and oxygen atoms in total. The number of halogens is 1. The van der Waals surface area contributed by atoms with Crippen molar-refractivity contribution in [1.29, 1.82) is 0 Å². The summed E-state index contributed by atoms with van der Waals surface area (Å²) in [6, 6.07) is 19.3. The highest BCUT2D eigenvalue weighted by Crippen LogP contribution is 2.33. The zero-order valence-electron chi connectivity index (χ0n) is 18.8. The van der Waals surface area contributed by atoms with Crippen molar-refractivity contribution in [2.45, 2.75) is 20.8 Å². The second-order valence-corrected chi connectivity index (χ2v) is 8.69. The number of aromatic nitrogens is 1. The van der Waals surface area contributed by atoms with Gasteiger partial charge < -0.3 is 8.98 Å². The lowest BCUT2D eigenvalue weighted by Gasteiger charge is -2.10. The van der Waals surface area contributed by atoms with Crippen LogP contribution in [0.4, 0.5) is 0 Å². The Morgan fingerprint density at radius 2 is 1.56 bits per heavy atom. The predicted octanol–water partition coefficient (Wildman–Crippen LogP) is 6.44. The second-order valence-electron chi connectivity index (χ2n) is 8.25. The molecule has 0 aliphatic heterocycles. The molecule has 0 spiro atoms. The number of Topliss-reactive ketones (excluding diaryl/α,β-unsaturated/α-hetero) is 1. The van der Waals surface area contributed by atoms with Gasteiger partial charge in [0.1, 0.15) is 16.9 Å². The maximum absolute atomic E-state index is 13.6. The van der Waals surface area contributed by atoms with Gasteiger partial charge in [0.15, 0.2) is 11.6 Å². The van der Waals surface area contributed by atoms with Gasteiger partial charge in [-0.2, -0.15) is 0 Å². The molecular weight excluding hydrogens is 450 g/mol. The molecule has 0 aliphatic carbocycles. The van der Waals surface area contributed by atoms with Gasteiger partial charge in [-0.25, -0.2) is 0 Å². The number of rotatable bonds is 4. The van der Waals surface area contributed by atoms with E-state index in [1.165, 1.54) is 6.92 Å². The van der Waals surface area contributed by atoms with E-state index in [-0.39, 0.29) is 28.3 Å². The highest BCUT2D eigenvalue weighted by atomic mass is 35.5. The first kappa shape index (κ1) is 21.9. The van der Waals surface area contributed by atoms with Crippen LogP contribution < -0.4 is 5.43 Å². The topological polar surface area (TPSA) is 69.3 Å². The normalized spacial score (nSPS) is 11.3. The van der Waals surface area contributed by atoms with Crippen LogP contribution in [-0.4, -0.2) is 16.1 Å². The van der Waals surface area contributed by atoms with Gasteiger partial charge in [0, 0.05) is 32.9 Å². The molecule has 0 bridgehead atoms. The number of benzene rings is 3. The van der Waals surface area contributed by atoms with Crippen LogP contribution >= 0.6 is 11.6 Å². The van der Waals surface area contributed by atoms with Crippen LogP contribution in [0.1, 0.15) is 44.7 Å². The van der Waals surface area contributed by atoms with Gasteiger partial charge in [0.05, 0.1) is 10.9 Å². The van der Waals surface area contributed by atoms with Crippen molar-refractivity contribution in [3.8, 4) is 5.69 Å². The standard InChI is InChI=1S/C28H20ClNO4/c1-15-25(16(2)31)21-14-24-22(13-23(21)30(15)20-11-9-19(29)10-12-20)28(33)26(17(3)34-24)27(32)18-7-5-4-6-8-18/h4-14H,1-3H3. The number of carbonyl (C=O) groups is 2. The Hall–Kier alpha value is -3.96. The van der Waals surface area contributed by atoms with Crippen LogP contribution in [0.15, 0.2) is 75.9 Å². The highest BCUT2D eigenvalue weighted by Gasteiger charge is 2.24. The molecule has 0 N–H and O–H groups in total. The number of carbonyl (C=O) groups excluding carboxylic acids is 2.